The van der Waals surface area contributed by atoms with Crippen molar-refractivity contribution < 1.29 is 10.2 Å². The Hall–Kier alpha value is -0.990. The van der Waals surface area contributed by atoms with E-state index in [1.165, 1.54) is 6.07 Å². The van der Waals surface area contributed by atoms with Gasteiger partial charge in [0.1, 0.15) is 5.75 Å². The Morgan fingerprint density at radius 2 is 2.23 bits per heavy atom. The third-order valence-corrected chi connectivity index (χ3v) is 1.88. The lowest BCUT2D eigenvalue weighted by Crippen LogP contribution is -1.84. The molecule has 0 atom stereocenters. The van der Waals surface area contributed by atoms with Crippen LogP contribution in [0.5, 0.6) is 5.75 Å². The van der Waals surface area contributed by atoms with Crippen LogP contribution in [0.3, 0.4) is 0 Å². The highest BCUT2D eigenvalue weighted by Crippen LogP contribution is 2.23. The van der Waals surface area contributed by atoms with Crippen LogP contribution in [0, 0.1) is 0 Å². The van der Waals surface area contributed by atoms with Crippen LogP contribution < -0.4 is 0 Å². The highest BCUT2D eigenvalue weighted by Gasteiger charge is 1.98. The molecule has 2 nitrogen and oxygen atoms in total. The fraction of sp³-hybridized carbons (Fsp3) is 0.200. The highest BCUT2D eigenvalue weighted by molar-refractivity contribution is 6.30. The first-order valence-electron chi connectivity index (χ1n) is 3.90. The lowest BCUT2D eigenvalue weighted by Gasteiger charge is -2.01. The van der Waals surface area contributed by atoms with Crippen molar-refractivity contribution in [1.82, 2.24) is 0 Å². The molecule has 0 aliphatic carbocycles. The summed E-state index contributed by atoms with van der Waals surface area (Å²) in [5, 5.41) is 18.7. The van der Waals surface area contributed by atoms with Crippen molar-refractivity contribution in [3.63, 3.8) is 0 Å². The lowest BCUT2D eigenvalue weighted by atomic mass is 10.1. The molecule has 0 unspecified atom stereocenters. The summed E-state index contributed by atoms with van der Waals surface area (Å²) in [5.41, 5.74) is 1.40. The van der Waals surface area contributed by atoms with Crippen molar-refractivity contribution in [2.45, 2.75) is 6.92 Å². The summed E-state index contributed by atoms with van der Waals surface area (Å²) in [6.07, 6.45) is 1.70. The minimum Gasteiger partial charge on any atom is -0.507 e. The smallest absolute Gasteiger partial charge is 0.122 e. The summed E-state index contributed by atoms with van der Waals surface area (Å²) >= 11 is 5.74. The van der Waals surface area contributed by atoms with Crippen LogP contribution in [0.4, 0.5) is 0 Å². The van der Waals surface area contributed by atoms with Gasteiger partial charge in [-0.25, -0.2) is 0 Å². The molecule has 0 aliphatic heterocycles. The van der Waals surface area contributed by atoms with Gasteiger partial charge in [-0.1, -0.05) is 17.7 Å². The zero-order valence-corrected chi connectivity index (χ0v) is 8.04. The van der Waals surface area contributed by atoms with Gasteiger partial charge in [0.15, 0.2) is 0 Å². The summed E-state index contributed by atoms with van der Waals surface area (Å²) < 4.78 is 0. The van der Waals surface area contributed by atoms with Crippen molar-refractivity contribution in [3.05, 3.63) is 34.4 Å². The molecule has 13 heavy (non-hydrogen) atoms. The number of aromatic hydroxyl groups is 1. The van der Waals surface area contributed by atoms with E-state index in [1.54, 1.807) is 25.1 Å². The molecule has 0 amide bonds. The van der Waals surface area contributed by atoms with E-state index in [2.05, 4.69) is 0 Å². The summed E-state index contributed by atoms with van der Waals surface area (Å²) in [7, 11) is 0. The maximum absolute atomic E-state index is 9.39. The quantitative estimate of drug-likeness (QED) is 0.767. The van der Waals surface area contributed by atoms with Crippen molar-refractivity contribution in [3.8, 4) is 5.75 Å². The van der Waals surface area contributed by atoms with Gasteiger partial charge in [0.25, 0.3) is 0 Å². The van der Waals surface area contributed by atoms with E-state index in [4.69, 9.17) is 16.7 Å². The van der Waals surface area contributed by atoms with E-state index in [0.29, 0.717) is 10.6 Å². The van der Waals surface area contributed by atoms with Crippen molar-refractivity contribution in [2.24, 2.45) is 0 Å². The molecule has 1 rings (SSSR count). The van der Waals surface area contributed by atoms with E-state index >= 15 is 0 Å². The van der Waals surface area contributed by atoms with E-state index < -0.39 is 0 Å². The van der Waals surface area contributed by atoms with Crippen molar-refractivity contribution >= 4 is 17.7 Å². The number of rotatable bonds is 2. The average molecular weight is 199 g/mol. The van der Waals surface area contributed by atoms with E-state index in [-0.39, 0.29) is 12.4 Å². The van der Waals surface area contributed by atoms with Gasteiger partial charge < -0.3 is 10.2 Å². The third kappa shape index (κ3) is 2.76. The molecule has 0 bridgehead atoms. The van der Waals surface area contributed by atoms with Crippen LogP contribution in [-0.4, -0.2) is 16.8 Å². The Bertz CT molecular complexity index is 332. The number of phenolic OH excluding ortho intramolecular Hbond substituents is 1. The first-order valence-corrected chi connectivity index (χ1v) is 4.28. The number of halogens is 1. The summed E-state index contributed by atoms with van der Waals surface area (Å²) in [5.74, 6) is 0.164. The van der Waals surface area contributed by atoms with Gasteiger partial charge in [-0.3, -0.25) is 0 Å². The molecular weight excluding hydrogens is 188 g/mol. The van der Waals surface area contributed by atoms with Crippen LogP contribution in [0.15, 0.2) is 23.8 Å². The molecular formula is C10H11ClO2. The fourth-order valence-electron chi connectivity index (χ4n) is 0.952. The Balaban J connectivity index is 3.07. The van der Waals surface area contributed by atoms with Gasteiger partial charge in [0, 0.05) is 10.6 Å². The number of benzene rings is 1. The van der Waals surface area contributed by atoms with Crippen LogP contribution in [0.2, 0.25) is 5.02 Å². The second kappa shape index (κ2) is 4.30. The molecule has 1 aromatic carbocycles. The number of phenols is 1. The largest absolute Gasteiger partial charge is 0.507 e. The monoisotopic (exact) mass is 198 g/mol. The van der Waals surface area contributed by atoms with Crippen LogP contribution in [0.25, 0.3) is 6.08 Å². The molecule has 1 aromatic rings. The maximum Gasteiger partial charge on any atom is 0.122 e. The zero-order chi connectivity index (χ0) is 9.84. The number of aliphatic hydroxyl groups is 1. The zero-order valence-electron chi connectivity index (χ0n) is 7.29. The van der Waals surface area contributed by atoms with E-state index in [9.17, 15) is 5.11 Å². The summed E-state index contributed by atoms with van der Waals surface area (Å²) in [6, 6.07) is 4.79. The lowest BCUT2D eigenvalue weighted by molar-refractivity contribution is 0.332. The second-order valence-electron chi connectivity index (χ2n) is 2.85. The molecule has 0 radical (unpaired) electrons. The van der Waals surface area contributed by atoms with Crippen molar-refractivity contribution in [1.29, 1.82) is 0 Å². The topological polar surface area (TPSA) is 40.5 Å². The van der Waals surface area contributed by atoms with Gasteiger partial charge in [-0.2, -0.15) is 0 Å². The first kappa shape index (κ1) is 10.1. The highest BCUT2D eigenvalue weighted by atomic mass is 35.5. The molecule has 0 heterocycles. The van der Waals surface area contributed by atoms with Gasteiger partial charge in [0.2, 0.25) is 0 Å². The Kier molecular flexibility index (Phi) is 3.34. The summed E-state index contributed by atoms with van der Waals surface area (Å²) in [6.45, 7) is 1.76. The number of aliphatic hydroxyl groups excluding tert-OH is 1. The summed E-state index contributed by atoms with van der Waals surface area (Å²) in [4.78, 5) is 0. The standard InChI is InChI=1S/C10H11ClO2/c1-7(6-12)4-8-5-9(11)2-3-10(8)13/h2-5,12-13H,6H2,1H3/b7-4+. The van der Waals surface area contributed by atoms with Crippen LogP contribution >= 0.6 is 11.6 Å². The molecule has 0 saturated heterocycles. The molecule has 0 saturated carbocycles. The molecule has 70 valence electrons. The fourth-order valence-corrected chi connectivity index (χ4v) is 1.13. The molecule has 0 fully saturated rings. The second-order valence-corrected chi connectivity index (χ2v) is 3.29. The van der Waals surface area contributed by atoms with Gasteiger partial charge in [-0.05, 0) is 30.7 Å². The first-order chi connectivity index (χ1) is 6.13. The minimum atomic E-state index is -0.0219. The normalized spacial score (nSPS) is 11.8. The Labute approximate surface area is 82.1 Å². The minimum absolute atomic E-state index is 0.0219. The van der Waals surface area contributed by atoms with Gasteiger partial charge in [0.05, 0.1) is 6.61 Å². The average Bonchev–Trinajstić information content (AvgIpc) is 2.11. The SMILES string of the molecule is C/C(=C\c1cc(Cl)ccc1O)CO. The van der Waals surface area contributed by atoms with E-state index in [1.807, 2.05) is 0 Å². The molecule has 0 spiro atoms. The Morgan fingerprint density at radius 3 is 2.85 bits per heavy atom. The number of hydrogen-bond donors (Lipinski definition) is 2. The van der Waals surface area contributed by atoms with E-state index in [0.717, 1.165) is 5.57 Å². The predicted molar refractivity (Wildman–Crippen MR) is 53.9 cm³/mol. The third-order valence-electron chi connectivity index (χ3n) is 1.64. The number of hydrogen-bond acceptors (Lipinski definition) is 2. The van der Waals surface area contributed by atoms with Crippen LogP contribution in [-0.2, 0) is 0 Å². The van der Waals surface area contributed by atoms with Gasteiger partial charge in [-0.15, -0.1) is 0 Å². The van der Waals surface area contributed by atoms with Crippen LogP contribution in [0.1, 0.15) is 12.5 Å². The maximum atomic E-state index is 9.39. The molecule has 3 heteroatoms. The van der Waals surface area contributed by atoms with Gasteiger partial charge >= 0.3 is 0 Å². The predicted octanol–water partition coefficient (Wildman–Crippen LogP) is 2.44. The molecule has 0 aromatic heterocycles. The van der Waals surface area contributed by atoms with Crippen molar-refractivity contribution in [2.75, 3.05) is 6.61 Å². The Morgan fingerprint density at radius 1 is 1.54 bits per heavy atom. The molecule has 0 aliphatic rings. The molecule has 2 N–H and O–H groups in total.